The van der Waals surface area contributed by atoms with Gasteiger partial charge in [-0.3, -0.25) is 10.1 Å². The number of aromatic nitrogens is 1. The van der Waals surface area contributed by atoms with Crippen molar-refractivity contribution in [2.45, 2.75) is 19.8 Å². The molecule has 1 aromatic heterocycles. The molecular weight excluding hydrogens is 336 g/mol. The normalized spacial score (nSPS) is 10.2. The Balaban J connectivity index is 1.85. The summed E-state index contributed by atoms with van der Waals surface area (Å²) in [7, 11) is 0. The molecule has 0 spiro atoms. The molecule has 8 nitrogen and oxygen atoms in total. The first kappa shape index (κ1) is 19.2. The van der Waals surface area contributed by atoms with Crippen molar-refractivity contribution in [3.8, 4) is 0 Å². The summed E-state index contributed by atoms with van der Waals surface area (Å²) >= 11 is 0. The lowest BCUT2D eigenvalue weighted by molar-refractivity contribution is -0.384. The van der Waals surface area contributed by atoms with Crippen LogP contribution in [0.4, 0.5) is 17.2 Å². The summed E-state index contributed by atoms with van der Waals surface area (Å²) in [5, 5.41) is 17.3. The molecule has 138 valence electrons. The van der Waals surface area contributed by atoms with E-state index in [9.17, 15) is 14.9 Å². The third-order valence-electron chi connectivity index (χ3n) is 3.60. The lowest BCUT2D eigenvalue weighted by Gasteiger charge is -2.11. The van der Waals surface area contributed by atoms with Crippen molar-refractivity contribution in [3.63, 3.8) is 0 Å². The highest BCUT2D eigenvalue weighted by molar-refractivity contribution is 5.96. The smallest absolute Gasteiger partial charge is 0.340 e. The Labute approximate surface area is 151 Å². The van der Waals surface area contributed by atoms with E-state index in [2.05, 4.69) is 15.6 Å². The van der Waals surface area contributed by atoms with E-state index < -0.39 is 10.9 Å². The Hall–Kier alpha value is -3.16. The van der Waals surface area contributed by atoms with E-state index in [1.165, 1.54) is 18.2 Å². The first-order chi connectivity index (χ1) is 12.6. The summed E-state index contributed by atoms with van der Waals surface area (Å²) in [4.78, 5) is 26.6. The summed E-state index contributed by atoms with van der Waals surface area (Å²) in [5.74, 6) is 0.260. The number of nitrogens with one attached hydrogen (secondary N) is 2. The molecule has 8 heteroatoms. The number of non-ortho nitro benzene ring substituents is 1. The summed E-state index contributed by atoms with van der Waals surface area (Å²) in [6.07, 6.45) is 3.50. The Morgan fingerprint density at radius 1 is 1.19 bits per heavy atom. The second-order valence-corrected chi connectivity index (χ2v) is 5.48. The molecular formula is C18H22N4O4. The van der Waals surface area contributed by atoms with Crippen LogP contribution in [0.2, 0.25) is 0 Å². The van der Waals surface area contributed by atoms with Gasteiger partial charge >= 0.3 is 5.97 Å². The van der Waals surface area contributed by atoms with Crippen LogP contribution in [0.25, 0.3) is 0 Å². The number of hydrogen-bond acceptors (Lipinski definition) is 7. The number of carbonyl (C=O) groups is 1. The van der Waals surface area contributed by atoms with Crippen molar-refractivity contribution in [3.05, 3.63) is 58.3 Å². The molecule has 0 radical (unpaired) electrons. The SMILES string of the molecule is CCOC(=O)c1cc([N+](=O)[O-])ccc1NCCCCNc1ccccn1. The van der Waals surface area contributed by atoms with Gasteiger partial charge in [0.2, 0.25) is 0 Å². The monoisotopic (exact) mass is 358 g/mol. The zero-order valence-corrected chi connectivity index (χ0v) is 14.6. The predicted octanol–water partition coefficient (Wildman–Crippen LogP) is 3.47. The number of benzene rings is 1. The Morgan fingerprint density at radius 2 is 1.96 bits per heavy atom. The molecule has 2 rings (SSSR count). The fraction of sp³-hybridized carbons (Fsp3) is 0.333. The molecule has 26 heavy (non-hydrogen) atoms. The van der Waals surface area contributed by atoms with Gasteiger partial charge in [-0.1, -0.05) is 6.07 Å². The predicted molar refractivity (Wildman–Crippen MR) is 99.5 cm³/mol. The van der Waals surface area contributed by atoms with Crippen LogP contribution in [0, 0.1) is 10.1 Å². The molecule has 2 aromatic rings. The lowest BCUT2D eigenvalue weighted by atomic mass is 10.1. The van der Waals surface area contributed by atoms with E-state index in [0.717, 1.165) is 25.2 Å². The second-order valence-electron chi connectivity index (χ2n) is 5.48. The number of unbranched alkanes of at least 4 members (excludes halogenated alkanes) is 1. The number of ether oxygens (including phenoxy) is 1. The average molecular weight is 358 g/mol. The molecule has 2 N–H and O–H groups in total. The quantitative estimate of drug-likeness (QED) is 0.290. The zero-order valence-electron chi connectivity index (χ0n) is 14.6. The van der Waals surface area contributed by atoms with Gasteiger partial charge in [0.05, 0.1) is 17.1 Å². The van der Waals surface area contributed by atoms with E-state index in [0.29, 0.717) is 12.2 Å². The minimum Gasteiger partial charge on any atom is -0.462 e. The molecule has 0 saturated heterocycles. The Bertz CT molecular complexity index is 737. The Morgan fingerprint density at radius 3 is 2.62 bits per heavy atom. The molecule has 0 amide bonds. The molecule has 0 aliphatic rings. The van der Waals surface area contributed by atoms with E-state index in [1.54, 1.807) is 13.1 Å². The molecule has 0 bridgehead atoms. The third-order valence-corrected chi connectivity index (χ3v) is 3.60. The lowest BCUT2D eigenvalue weighted by Crippen LogP contribution is -2.12. The summed E-state index contributed by atoms with van der Waals surface area (Å²) < 4.78 is 4.98. The number of hydrogen-bond donors (Lipinski definition) is 2. The number of nitro groups is 1. The van der Waals surface area contributed by atoms with E-state index in [4.69, 9.17) is 4.74 Å². The molecule has 1 heterocycles. The molecule has 0 saturated carbocycles. The van der Waals surface area contributed by atoms with Gasteiger partial charge < -0.3 is 15.4 Å². The summed E-state index contributed by atoms with van der Waals surface area (Å²) in [6.45, 7) is 3.31. The number of carbonyl (C=O) groups excluding carboxylic acids is 1. The van der Waals surface area contributed by atoms with Crippen LogP contribution in [0.5, 0.6) is 0 Å². The van der Waals surface area contributed by atoms with Gasteiger partial charge in [0.1, 0.15) is 5.82 Å². The standard InChI is InChI=1S/C18H22N4O4/c1-2-26-18(23)15-13-14(22(24)25)8-9-16(15)19-10-5-6-12-21-17-7-3-4-11-20-17/h3-4,7-9,11,13,19H,2,5-6,10,12H2,1H3,(H,20,21). The highest BCUT2D eigenvalue weighted by atomic mass is 16.6. The van der Waals surface area contributed by atoms with Crippen LogP contribution in [-0.2, 0) is 4.74 Å². The van der Waals surface area contributed by atoms with Gasteiger partial charge in [0, 0.05) is 37.1 Å². The van der Waals surface area contributed by atoms with Crippen molar-refractivity contribution in [1.82, 2.24) is 4.98 Å². The maximum atomic E-state index is 12.0. The van der Waals surface area contributed by atoms with Gasteiger partial charge in [0.25, 0.3) is 5.69 Å². The number of esters is 1. The summed E-state index contributed by atoms with van der Waals surface area (Å²) in [5.41, 5.74) is 0.567. The van der Waals surface area contributed by atoms with E-state index in [1.807, 2.05) is 18.2 Å². The molecule has 0 atom stereocenters. The average Bonchev–Trinajstić information content (AvgIpc) is 2.65. The molecule has 0 fully saturated rings. The number of nitrogens with zero attached hydrogens (tertiary/aromatic N) is 2. The first-order valence-corrected chi connectivity index (χ1v) is 8.46. The van der Waals surface area contributed by atoms with Gasteiger partial charge in [-0.25, -0.2) is 9.78 Å². The highest BCUT2D eigenvalue weighted by Gasteiger charge is 2.17. The van der Waals surface area contributed by atoms with Crippen molar-refractivity contribution in [1.29, 1.82) is 0 Å². The van der Waals surface area contributed by atoms with Crippen LogP contribution in [0.3, 0.4) is 0 Å². The molecule has 1 aromatic carbocycles. The van der Waals surface area contributed by atoms with Crippen LogP contribution in [-0.4, -0.2) is 35.6 Å². The van der Waals surface area contributed by atoms with Gasteiger partial charge in [0.15, 0.2) is 0 Å². The fourth-order valence-electron chi connectivity index (χ4n) is 2.33. The van der Waals surface area contributed by atoms with Crippen LogP contribution in [0.1, 0.15) is 30.1 Å². The zero-order chi connectivity index (χ0) is 18.8. The molecule has 0 aliphatic heterocycles. The minimum atomic E-state index is -0.574. The molecule has 0 aliphatic carbocycles. The van der Waals surface area contributed by atoms with Crippen molar-refractivity contribution >= 4 is 23.2 Å². The third kappa shape index (κ3) is 5.73. The maximum absolute atomic E-state index is 12.0. The number of pyridine rings is 1. The number of anilines is 2. The number of nitro benzene ring substituents is 1. The van der Waals surface area contributed by atoms with Crippen LogP contribution < -0.4 is 10.6 Å². The molecule has 0 unspecified atom stereocenters. The van der Waals surface area contributed by atoms with Crippen molar-refractivity contribution < 1.29 is 14.5 Å². The van der Waals surface area contributed by atoms with Crippen LogP contribution >= 0.6 is 0 Å². The summed E-state index contributed by atoms with van der Waals surface area (Å²) in [6, 6.07) is 9.83. The van der Waals surface area contributed by atoms with Crippen molar-refractivity contribution in [2.24, 2.45) is 0 Å². The topological polar surface area (TPSA) is 106 Å². The highest BCUT2D eigenvalue weighted by Crippen LogP contribution is 2.23. The van der Waals surface area contributed by atoms with E-state index >= 15 is 0 Å². The first-order valence-electron chi connectivity index (χ1n) is 8.46. The fourth-order valence-corrected chi connectivity index (χ4v) is 2.33. The largest absolute Gasteiger partial charge is 0.462 e. The van der Waals surface area contributed by atoms with Crippen molar-refractivity contribution in [2.75, 3.05) is 30.3 Å². The maximum Gasteiger partial charge on any atom is 0.340 e. The van der Waals surface area contributed by atoms with Gasteiger partial charge in [-0.05, 0) is 38.0 Å². The van der Waals surface area contributed by atoms with E-state index in [-0.39, 0.29) is 17.9 Å². The second kappa shape index (κ2) is 9.97. The number of rotatable bonds is 10. The van der Waals surface area contributed by atoms with Gasteiger partial charge in [-0.2, -0.15) is 0 Å². The minimum absolute atomic E-state index is 0.141. The Kier molecular flexibility index (Phi) is 7.35. The van der Waals surface area contributed by atoms with Gasteiger partial charge in [-0.15, -0.1) is 0 Å². The van der Waals surface area contributed by atoms with Crippen LogP contribution in [0.15, 0.2) is 42.6 Å².